The van der Waals surface area contributed by atoms with E-state index in [0.29, 0.717) is 5.89 Å². The zero-order valence-corrected chi connectivity index (χ0v) is 12.1. The normalized spacial score (nSPS) is 17.2. The van der Waals surface area contributed by atoms with E-state index in [9.17, 15) is 0 Å². The number of aromatic nitrogens is 2. The maximum atomic E-state index is 5.31. The number of rotatable bonds is 3. The molecule has 1 aliphatic heterocycles. The van der Waals surface area contributed by atoms with Crippen molar-refractivity contribution >= 4 is 27.3 Å². The summed E-state index contributed by atoms with van der Waals surface area (Å²) in [6, 6.07) is 1.99. The number of hydrogen-bond acceptors (Lipinski definition) is 6. The minimum atomic E-state index is 0.599. The molecular weight excluding hydrogens is 316 g/mol. The fraction of sp³-hybridized carbons (Fsp3) is 0.455. The van der Waals surface area contributed by atoms with E-state index in [1.54, 1.807) is 11.3 Å². The molecule has 3 heterocycles. The summed E-state index contributed by atoms with van der Waals surface area (Å²) in [6.45, 7) is 4.88. The molecule has 2 aromatic rings. The second-order valence-corrected chi connectivity index (χ2v) is 5.91. The highest BCUT2D eigenvalue weighted by molar-refractivity contribution is 9.10. The van der Waals surface area contributed by atoms with Gasteiger partial charge in [-0.1, -0.05) is 5.16 Å². The van der Waals surface area contributed by atoms with Gasteiger partial charge >= 0.3 is 0 Å². The first kappa shape index (κ1) is 12.3. The van der Waals surface area contributed by atoms with E-state index < -0.39 is 0 Å². The Morgan fingerprint density at radius 2 is 2.28 bits per heavy atom. The van der Waals surface area contributed by atoms with Gasteiger partial charge in [0.25, 0.3) is 5.89 Å². The van der Waals surface area contributed by atoms with Gasteiger partial charge in [-0.05, 0) is 27.4 Å². The summed E-state index contributed by atoms with van der Waals surface area (Å²) < 4.78 is 6.31. The summed E-state index contributed by atoms with van der Waals surface area (Å²) in [5, 5.41) is 9.37. The molecule has 0 saturated carbocycles. The third-order valence-electron chi connectivity index (χ3n) is 2.85. The summed E-state index contributed by atoms with van der Waals surface area (Å²) in [5.41, 5.74) is 0. The molecule has 96 valence electrons. The lowest BCUT2D eigenvalue weighted by atomic mass is 10.3. The predicted octanol–water partition coefficient (Wildman–Crippen LogP) is 1.97. The quantitative estimate of drug-likeness (QED) is 0.933. The first-order valence-corrected chi connectivity index (χ1v) is 7.49. The third-order valence-corrected chi connectivity index (χ3v) is 4.68. The lowest BCUT2D eigenvalue weighted by Gasteiger charge is -2.25. The molecule has 0 radical (unpaired) electrons. The average molecular weight is 329 g/mol. The molecule has 0 aliphatic carbocycles. The van der Waals surface area contributed by atoms with Crippen LogP contribution in [-0.4, -0.2) is 41.2 Å². The Hall–Kier alpha value is -0.760. The van der Waals surface area contributed by atoms with Crippen molar-refractivity contribution in [3.63, 3.8) is 0 Å². The molecule has 2 aromatic heterocycles. The molecule has 1 aliphatic rings. The van der Waals surface area contributed by atoms with Gasteiger partial charge in [-0.2, -0.15) is 4.98 Å². The highest BCUT2D eigenvalue weighted by Gasteiger charge is 2.16. The van der Waals surface area contributed by atoms with Crippen LogP contribution in [0.2, 0.25) is 0 Å². The van der Waals surface area contributed by atoms with Crippen molar-refractivity contribution < 1.29 is 4.52 Å². The van der Waals surface area contributed by atoms with Gasteiger partial charge in [0, 0.05) is 30.7 Å². The number of nitrogens with zero attached hydrogens (tertiary/aromatic N) is 3. The number of hydrogen-bond donors (Lipinski definition) is 1. The zero-order chi connectivity index (χ0) is 12.4. The molecule has 1 fully saturated rings. The first-order valence-electron chi connectivity index (χ1n) is 5.82. The Morgan fingerprint density at radius 3 is 3.00 bits per heavy atom. The standard InChI is InChI=1S/C11H13BrN4OS/c12-8-1-6-18-10(8)11-14-9(15-17-11)7-16-4-2-13-3-5-16/h1,6,13H,2-5,7H2. The molecule has 0 bridgehead atoms. The number of nitrogens with one attached hydrogen (secondary N) is 1. The highest BCUT2D eigenvalue weighted by atomic mass is 79.9. The van der Waals surface area contributed by atoms with Crippen molar-refractivity contribution in [3.05, 3.63) is 21.7 Å². The number of piperazine rings is 1. The van der Waals surface area contributed by atoms with E-state index in [1.807, 2.05) is 11.4 Å². The molecule has 7 heteroatoms. The van der Waals surface area contributed by atoms with Crippen LogP contribution in [0.15, 0.2) is 20.4 Å². The maximum absolute atomic E-state index is 5.31. The molecule has 0 amide bonds. The molecule has 18 heavy (non-hydrogen) atoms. The first-order chi connectivity index (χ1) is 8.83. The van der Waals surface area contributed by atoms with E-state index in [-0.39, 0.29) is 0 Å². The molecule has 5 nitrogen and oxygen atoms in total. The van der Waals surface area contributed by atoms with Gasteiger partial charge in [0.15, 0.2) is 5.82 Å². The molecule has 1 N–H and O–H groups in total. The van der Waals surface area contributed by atoms with Crippen molar-refractivity contribution in [1.82, 2.24) is 20.4 Å². The van der Waals surface area contributed by atoms with Crippen LogP contribution in [0.1, 0.15) is 5.82 Å². The van der Waals surface area contributed by atoms with Gasteiger partial charge in [0.05, 0.1) is 6.54 Å². The van der Waals surface area contributed by atoms with E-state index in [4.69, 9.17) is 4.52 Å². The smallest absolute Gasteiger partial charge is 0.269 e. The molecule has 0 atom stereocenters. The van der Waals surface area contributed by atoms with Gasteiger partial charge in [-0.25, -0.2) is 0 Å². The van der Waals surface area contributed by atoms with Crippen LogP contribution >= 0.6 is 27.3 Å². The van der Waals surface area contributed by atoms with E-state index in [2.05, 4.69) is 36.3 Å². The van der Waals surface area contributed by atoms with E-state index in [1.165, 1.54) is 0 Å². The van der Waals surface area contributed by atoms with Crippen LogP contribution in [0.5, 0.6) is 0 Å². The molecule has 0 aromatic carbocycles. The number of thiophene rings is 1. The lowest BCUT2D eigenvalue weighted by molar-refractivity contribution is 0.225. The van der Waals surface area contributed by atoms with Crippen LogP contribution < -0.4 is 5.32 Å². The Balaban J connectivity index is 1.71. The molecule has 1 saturated heterocycles. The Bertz CT molecular complexity index is 521. The third kappa shape index (κ3) is 2.64. The average Bonchev–Trinajstić information content (AvgIpc) is 2.99. The molecular formula is C11H13BrN4OS. The summed E-state index contributed by atoms with van der Waals surface area (Å²) in [5.74, 6) is 1.36. The van der Waals surface area contributed by atoms with Crippen molar-refractivity contribution in [2.45, 2.75) is 6.54 Å². The second-order valence-electron chi connectivity index (χ2n) is 4.14. The summed E-state index contributed by atoms with van der Waals surface area (Å²) in [4.78, 5) is 7.77. The van der Waals surface area contributed by atoms with Crippen LogP contribution in [0.3, 0.4) is 0 Å². The Morgan fingerprint density at radius 1 is 1.44 bits per heavy atom. The Kier molecular flexibility index (Phi) is 3.74. The molecule has 0 unspecified atom stereocenters. The second kappa shape index (κ2) is 5.48. The summed E-state index contributed by atoms with van der Waals surface area (Å²) >= 11 is 5.07. The van der Waals surface area contributed by atoms with Gasteiger partial charge < -0.3 is 9.84 Å². The minimum Gasteiger partial charge on any atom is -0.333 e. The van der Waals surface area contributed by atoms with Crippen molar-refractivity contribution in [2.24, 2.45) is 0 Å². The van der Waals surface area contributed by atoms with Gasteiger partial charge in [-0.3, -0.25) is 4.90 Å². The zero-order valence-electron chi connectivity index (χ0n) is 9.73. The summed E-state index contributed by atoms with van der Waals surface area (Å²) in [7, 11) is 0. The predicted molar refractivity (Wildman–Crippen MR) is 73.5 cm³/mol. The highest BCUT2D eigenvalue weighted by Crippen LogP contribution is 2.32. The van der Waals surface area contributed by atoms with Crippen LogP contribution in [-0.2, 0) is 6.54 Å². The minimum absolute atomic E-state index is 0.599. The summed E-state index contributed by atoms with van der Waals surface area (Å²) in [6.07, 6.45) is 0. The Labute approximate surface area is 117 Å². The fourth-order valence-electron chi connectivity index (χ4n) is 1.93. The van der Waals surface area contributed by atoms with E-state index >= 15 is 0 Å². The lowest BCUT2D eigenvalue weighted by Crippen LogP contribution is -2.43. The van der Waals surface area contributed by atoms with Gasteiger partial charge in [0.2, 0.25) is 0 Å². The largest absolute Gasteiger partial charge is 0.333 e. The van der Waals surface area contributed by atoms with Crippen LogP contribution in [0.4, 0.5) is 0 Å². The van der Waals surface area contributed by atoms with E-state index in [0.717, 1.165) is 47.9 Å². The maximum Gasteiger partial charge on any atom is 0.269 e. The topological polar surface area (TPSA) is 54.2 Å². The monoisotopic (exact) mass is 328 g/mol. The number of halogens is 1. The van der Waals surface area contributed by atoms with Gasteiger partial charge in [-0.15, -0.1) is 11.3 Å². The molecule has 3 rings (SSSR count). The SMILES string of the molecule is Brc1ccsc1-c1nc(CN2CCNCC2)no1. The van der Waals surface area contributed by atoms with Gasteiger partial charge in [0.1, 0.15) is 4.88 Å². The van der Waals surface area contributed by atoms with Crippen LogP contribution in [0.25, 0.3) is 10.8 Å². The fourth-order valence-corrected chi connectivity index (χ4v) is 3.39. The van der Waals surface area contributed by atoms with Crippen molar-refractivity contribution in [2.75, 3.05) is 26.2 Å². The van der Waals surface area contributed by atoms with Crippen LogP contribution in [0, 0.1) is 0 Å². The van der Waals surface area contributed by atoms with Crippen molar-refractivity contribution in [1.29, 1.82) is 0 Å². The molecule has 0 spiro atoms. The van der Waals surface area contributed by atoms with Crippen molar-refractivity contribution in [3.8, 4) is 10.8 Å².